The van der Waals surface area contributed by atoms with Crippen LogP contribution in [0.4, 0.5) is 0 Å². The third kappa shape index (κ3) is 3.70. The van der Waals surface area contributed by atoms with Crippen LogP contribution in [0.1, 0.15) is 36.2 Å². The summed E-state index contributed by atoms with van der Waals surface area (Å²) in [5, 5.41) is 11.9. The van der Waals surface area contributed by atoms with E-state index in [4.69, 9.17) is 0 Å². The molecule has 126 valence electrons. The molecule has 2 atom stereocenters. The van der Waals surface area contributed by atoms with E-state index in [-0.39, 0.29) is 16.7 Å². The number of carbonyl (C=O) groups excluding carboxylic acids is 1. The van der Waals surface area contributed by atoms with Gasteiger partial charge in [0.2, 0.25) is 10.0 Å². The fourth-order valence-corrected chi connectivity index (χ4v) is 3.76. The standard InChI is InChI=1S/C15H20N2O5S/c1-3-9(2)13(15(19)20)17-23(21,22)11-5-4-10-6-7-16-14(18)12(10)8-11/h4-5,8-9,13,17H,3,6-7H2,1-2H3,(H,16,18)(H,19,20)/t9-,13-/m0/s1. The summed E-state index contributed by atoms with van der Waals surface area (Å²) in [5.74, 6) is -1.90. The Hall–Kier alpha value is -1.93. The van der Waals surface area contributed by atoms with Crippen molar-refractivity contribution in [3.05, 3.63) is 29.3 Å². The van der Waals surface area contributed by atoms with Crippen molar-refractivity contribution in [1.82, 2.24) is 10.0 Å². The van der Waals surface area contributed by atoms with Gasteiger partial charge >= 0.3 is 5.97 Å². The normalized spacial score (nSPS) is 17.0. The first-order valence-corrected chi connectivity index (χ1v) is 8.91. The zero-order valence-electron chi connectivity index (χ0n) is 13.0. The Morgan fingerprint density at radius 3 is 2.74 bits per heavy atom. The number of carboxylic acids is 1. The number of sulfonamides is 1. The molecule has 1 heterocycles. The van der Waals surface area contributed by atoms with Crippen molar-refractivity contribution in [3.8, 4) is 0 Å². The molecule has 0 radical (unpaired) electrons. The highest BCUT2D eigenvalue weighted by Crippen LogP contribution is 2.20. The van der Waals surface area contributed by atoms with Gasteiger partial charge in [-0.25, -0.2) is 8.42 Å². The number of fused-ring (bicyclic) bond motifs is 1. The summed E-state index contributed by atoms with van der Waals surface area (Å²) in [6.45, 7) is 3.98. The summed E-state index contributed by atoms with van der Waals surface area (Å²) in [4.78, 5) is 23.0. The van der Waals surface area contributed by atoms with Crippen LogP contribution in [0.2, 0.25) is 0 Å². The summed E-state index contributed by atoms with van der Waals surface area (Å²) in [6.07, 6.45) is 1.16. The average Bonchev–Trinajstić information content (AvgIpc) is 2.51. The Morgan fingerprint density at radius 2 is 2.13 bits per heavy atom. The molecule has 1 amide bonds. The summed E-state index contributed by atoms with van der Waals surface area (Å²) in [5.41, 5.74) is 1.10. The van der Waals surface area contributed by atoms with E-state index in [0.717, 1.165) is 5.56 Å². The van der Waals surface area contributed by atoms with Crippen LogP contribution in [0.5, 0.6) is 0 Å². The Kier molecular flexibility index (Phi) is 5.06. The largest absolute Gasteiger partial charge is 0.480 e. The van der Waals surface area contributed by atoms with Crippen molar-refractivity contribution in [2.75, 3.05) is 6.54 Å². The van der Waals surface area contributed by atoms with Crippen LogP contribution in [0.3, 0.4) is 0 Å². The van der Waals surface area contributed by atoms with Gasteiger partial charge in [-0.05, 0) is 30.0 Å². The zero-order valence-corrected chi connectivity index (χ0v) is 13.8. The molecule has 1 aliphatic rings. The third-order valence-corrected chi connectivity index (χ3v) is 5.52. The summed E-state index contributed by atoms with van der Waals surface area (Å²) in [7, 11) is -4.03. The maximum absolute atomic E-state index is 12.5. The van der Waals surface area contributed by atoms with Crippen molar-refractivity contribution in [1.29, 1.82) is 0 Å². The van der Waals surface area contributed by atoms with Gasteiger partial charge in [-0.15, -0.1) is 0 Å². The van der Waals surface area contributed by atoms with Gasteiger partial charge in [0.15, 0.2) is 0 Å². The number of hydrogen-bond donors (Lipinski definition) is 3. The molecule has 1 aromatic carbocycles. The first-order chi connectivity index (χ1) is 10.8. The number of nitrogens with one attached hydrogen (secondary N) is 2. The molecule has 7 nitrogen and oxygen atoms in total. The highest BCUT2D eigenvalue weighted by Gasteiger charge is 2.30. The molecule has 0 saturated heterocycles. The molecule has 0 bridgehead atoms. The van der Waals surface area contributed by atoms with Gasteiger partial charge in [0.25, 0.3) is 5.91 Å². The number of hydrogen-bond acceptors (Lipinski definition) is 4. The zero-order chi connectivity index (χ0) is 17.2. The quantitative estimate of drug-likeness (QED) is 0.707. The fraction of sp³-hybridized carbons (Fsp3) is 0.467. The highest BCUT2D eigenvalue weighted by atomic mass is 32.2. The number of amides is 1. The van der Waals surface area contributed by atoms with Crippen LogP contribution < -0.4 is 10.0 Å². The SMILES string of the molecule is CC[C@H](C)[C@H](NS(=O)(=O)c1ccc2c(c1)C(=O)NCC2)C(=O)O. The second kappa shape index (κ2) is 6.67. The maximum Gasteiger partial charge on any atom is 0.322 e. The van der Waals surface area contributed by atoms with Gasteiger partial charge in [-0.1, -0.05) is 26.3 Å². The molecular formula is C15H20N2O5S. The first kappa shape index (κ1) is 17.4. The van der Waals surface area contributed by atoms with Crippen LogP contribution >= 0.6 is 0 Å². The Morgan fingerprint density at radius 1 is 1.43 bits per heavy atom. The smallest absolute Gasteiger partial charge is 0.322 e. The molecule has 0 fully saturated rings. The Labute approximate surface area is 135 Å². The number of aliphatic carboxylic acids is 1. The summed E-state index contributed by atoms with van der Waals surface area (Å²) in [6, 6.07) is 3.08. The lowest BCUT2D eigenvalue weighted by Gasteiger charge is -2.21. The van der Waals surface area contributed by atoms with Crippen molar-refractivity contribution in [3.63, 3.8) is 0 Å². The monoisotopic (exact) mass is 340 g/mol. The highest BCUT2D eigenvalue weighted by molar-refractivity contribution is 7.89. The number of carboxylic acid groups (broad SMARTS) is 1. The van der Waals surface area contributed by atoms with Gasteiger partial charge in [0.05, 0.1) is 4.90 Å². The Bertz CT molecular complexity index is 729. The molecule has 0 unspecified atom stereocenters. The topological polar surface area (TPSA) is 113 Å². The van der Waals surface area contributed by atoms with Crippen LogP contribution in [0.15, 0.2) is 23.1 Å². The second-order valence-electron chi connectivity index (χ2n) is 5.65. The van der Waals surface area contributed by atoms with Gasteiger partial charge in [-0.2, -0.15) is 4.72 Å². The van der Waals surface area contributed by atoms with E-state index in [1.54, 1.807) is 19.9 Å². The van der Waals surface area contributed by atoms with E-state index >= 15 is 0 Å². The number of benzene rings is 1. The van der Waals surface area contributed by atoms with Crippen molar-refractivity contribution in [2.24, 2.45) is 5.92 Å². The second-order valence-corrected chi connectivity index (χ2v) is 7.36. The molecule has 8 heteroatoms. The minimum absolute atomic E-state index is 0.108. The van der Waals surface area contributed by atoms with E-state index in [1.165, 1.54) is 12.1 Å². The van der Waals surface area contributed by atoms with Crippen molar-refractivity contribution < 1.29 is 23.1 Å². The van der Waals surface area contributed by atoms with Crippen LogP contribution in [0.25, 0.3) is 0 Å². The first-order valence-electron chi connectivity index (χ1n) is 7.42. The molecule has 2 rings (SSSR count). The number of rotatable bonds is 6. The maximum atomic E-state index is 12.5. The minimum Gasteiger partial charge on any atom is -0.480 e. The van der Waals surface area contributed by atoms with E-state index in [9.17, 15) is 23.1 Å². The molecule has 3 N–H and O–H groups in total. The van der Waals surface area contributed by atoms with E-state index in [1.807, 2.05) is 0 Å². The van der Waals surface area contributed by atoms with Crippen LogP contribution in [-0.2, 0) is 21.2 Å². The molecule has 0 aliphatic carbocycles. The minimum atomic E-state index is -4.03. The lowest BCUT2D eigenvalue weighted by atomic mass is 10.0. The lowest BCUT2D eigenvalue weighted by molar-refractivity contribution is -0.140. The third-order valence-electron chi connectivity index (χ3n) is 4.08. The predicted molar refractivity (Wildman–Crippen MR) is 83.7 cm³/mol. The lowest BCUT2D eigenvalue weighted by Crippen LogP contribution is -2.45. The molecule has 0 saturated carbocycles. The Balaban J connectivity index is 2.34. The molecule has 1 aromatic rings. The fourth-order valence-electron chi connectivity index (χ4n) is 2.44. The van der Waals surface area contributed by atoms with Gasteiger partial charge < -0.3 is 10.4 Å². The molecule has 0 aromatic heterocycles. The molecule has 1 aliphatic heterocycles. The van der Waals surface area contributed by atoms with Crippen LogP contribution in [-0.4, -0.2) is 38.0 Å². The summed E-state index contributed by atoms with van der Waals surface area (Å²) < 4.78 is 27.1. The predicted octanol–water partition coefficient (Wildman–Crippen LogP) is 0.750. The molecule has 23 heavy (non-hydrogen) atoms. The van der Waals surface area contributed by atoms with Crippen molar-refractivity contribution >= 4 is 21.9 Å². The van der Waals surface area contributed by atoms with Gasteiger partial charge in [0.1, 0.15) is 6.04 Å². The average molecular weight is 340 g/mol. The molecule has 0 spiro atoms. The van der Waals surface area contributed by atoms with Crippen molar-refractivity contribution in [2.45, 2.75) is 37.6 Å². The van der Waals surface area contributed by atoms with Gasteiger partial charge in [0, 0.05) is 12.1 Å². The van der Waals surface area contributed by atoms with E-state index in [2.05, 4.69) is 10.0 Å². The molecular weight excluding hydrogens is 320 g/mol. The van der Waals surface area contributed by atoms with Gasteiger partial charge in [-0.3, -0.25) is 9.59 Å². The van der Waals surface area contributed by atoms with E-state index < -0.39 is 22.0 Å². The summed E-state index contributed by atoms with van der Waals surface area (Å²) >= 11 is 0. The van der Waals surface area contributed by atoms with E-state index in [0.29, 0.717) is 24.9 Å². The number of carbonyl (C=O) groups is 2. The van der Waals surface area contributed by atoms with Crippen LogP contribution in [0, 0.1) is 5.92 Å².